The number of hydrogen-bond acceptors (Lipinski definition) is 4. The molecule has 0 saturated carbocycles. The third kappa shape index (κ3) is 3.57. The zero-order valence-electron chi connectivity index (χ0n) is 16.6. The van der Waals surface area contributed by atoms with Crippen molar-refractivity contribution in [3.8, 4) is 11.1 Å². The van der Waals surface area contributed by atoms with Gasteiger partial charge in [0.25, 0.3) is 0 Å². The van der Waals surface area contributed by atoms with Crippen LogP contribution in [-0.2, 0) is 4.79 Å². The molecule has 0 radical (unpaired) electrons. The number of aromatic nitrogens is 4. The number of H-pyrrole nitrogens is 2. The Hall–Kier alpha value is -4.27. The molecule has 3 amide bonds. The second-order valence-corrected chi connectivity index (χ2v) is 7.43. The van der Waals surface area contributed by atoms with Crippen molar-refractivity contribution in [3.63, 3.8) is 0 Å². The maximum Gasteiger partial charge on any atom is 0.341 e. The van der Waals surface area contributed by atoms with Gasteiger partial charge in [-0.3, -0.25) is 15.0 Å². The Balaban J connectivity index is 1.43. The quantitative estimate of drug-likeness (QED) is 0.409. The zero-order valence-corrected chi connectivity index (χ0v) is 16.6. The molecule has 31 heavy (non-hydrogen) atoms. The van der Waals surface area contributed by atoms with Gasteiger partial charge in [0.05, 0.1) is 24.0 Å². The predicted octanol–water partition coefficient (Wildman–Crippen LogP) is 3.43. The maximum atomic E-state index is 13.2. The van der Waals surface area contributed by atoms with Crippen LogP contribution in [0.1, 0.15) is 18.5 Å². The number of nitrogens with one attached hydrogen (secondary N) is 4. The Labute approximate surface area is 177 Å². The molecule has 154 valence electrons. The first kappa shape index (κ1) is 18.7. The van der Waals surface area contributed by atoms with Gasteiger partial charge in [-0.05, 0) is 36.2 Å². The van der Waals surface area contributed by atoms with Crippen molar-refractivity contribution in [2.45, 2.75) is 13.0 Å². The van der Waals surface area contributed by atoms with E-state index in [1.165, 1.54) is 0 Å². The van der Waals surface area contributed by atoms with Gasteiger partial charge in [-0.25, -0.2) is 9.79 Å². The van der Waals surface area contributed by atoms with Crippen LogP contribution in [0.4, 0.5) is 10.5 Å². The molecule has 0 bridgehead atoms. The minimum atomic E-state index is -0.641. The van der Waals surface area contributed by atoms with Crippen LogP contribution >= 0.6 is 0 Å². The van der Waals surface area contributed by atoms with Crippen molar-refractivity contribution in [2.75, 3.05) is 5.32 Å². The highest BCUT2D eigenvalue weighted by Crippen LogP contribution is 2.30. The van der Waals surface area contributed by atoms with Crippen LogP contribution in [0, 0.1) is 5.92 Å². The fourth-order valence-electron chi connectivity index (χ4n) is 3.87. The summed E-state index contributed by atoms with van der Waals surface area (Å²) in [6, 6.07) is 12.2. The van der Waals surface area contributed by atoms with Crippen molar-refractivity contribution in [2.24, 2.45) is 10.9 Å². The molecule has 2 unspecified atom stereocenters. The van der Waals surface area contributed by atoms with Crippen LogP contribution in [0.5, 0.6) is 0 Å². The number of rotatable bonds is 4. The number of fused-ring (bicyclic) bond motifs is 1. The summed E-state index contributed by atoms with van der Waals surface area (Å²) >= 11 is 0. The average molecular weight is 413 g/mol. The van der Waals surface area contributed by atoms with E-state index in [-0.39, 0.29) is 5.91 Å². The fourth-order valence-corrected chi connectivity index (χ4v) is 3.87. The van der Waals surface area contributed by atoms with E-state index >= 15 is 0 Å². The van der Waals surface area contributed by atoms with E-state index in [9.17, 15) is 9.59 Å². The van der Waals surface area contributed by atoms with E-state index in [0.717, 1.165) is 27.6 Å². The molecule has 4 aromatic rings. The lowest BCUT2D eigenvalue weighted by atomic mass is 9.87. The normalized spacial score (nSPS) is 18.5. The predicted molar refractivity (Wildman–Crippen MR) is 117 cm³/mol. The first-order valence-electron chi connectivity index (χ1n) is 9.77. The van der Waals surface area contributed by atoms with E-state index in [4.69, 9.17) is 0 Å². The number of urea groups is 1. The third-order valence-corrected chi connectivity index (χ3v) is 5.43. The van der Waals surface area contributed by atoms with Gasteiger partial charge in [-0.1, -0.05) is 24.3 Å². The highest BCUT2D eigenvalue weighted by atomic mass is 16.2. The molecule has 9 heteroatoms. The second kappa shape index (κ2) is 7.52. The molecule has 1 aliphatic rings. The zero-order chi connectivity index (χ0) is 21.4. The van der Waals surface area contributed by atoms with Crippen LogP contribution in [0.25, 0.3) is 22.0 Å². The Morgan fingerprint density at radius 2 is 1.87 bits per heavy atom. The number of carbonyl (C=O) groups excluding carboxylic acids is 2. The highest BCUT2D eigenvalue weighted by molar-refractivity contribution is 6.13. The number of amides is 3. The van der Waals surface area contributed by atoms with E-state index in [2.05, 4.69) is 36.0 Å². The SMILES string of the molecule is CC1=NC(=O)NC(c2ccc(-c3cn[nH]c3)cc2)C1C(=O)Nc1ccc2[nH]ncc2c1. The molecular weight excluding hydrogens is 394 g/mol. The number of carbonyl (C=O) groups is 2. The molecule has 2 aromatic heterocycles. The molecule has 1 aliphatic heterocycles. The molecule has 4 N–H and O–H groups in total. The Morgan fingerprint density at radius 1 is 1.03 bits per heavy atom. The molecule has 3 heterocycles. The van der Waals surface area contributed by atoms with Crippen LogP contribution in [-0.4, -0.2) is 38.0 Å². The summed E-state index contributed by atoms with van der Waals surface area (Å²) in [4.78, 5) is 29.3. The van der Waals surface area contributed by atoms with Crippen molar-refractivity contribution in [3.05, 3.63) is 66.6 Å². The number of nitrogens with zero attached hydrogens (tertiary/aromatic N) is 3. The summed E-state index contributed by atoms with van der Waals surface area (Å²) in [6.45, 7) is 1.70. The molecular formula is C22H19N7O2. The fraction of sp³-hybridized carbons (Fsp3) is 0.136. The van der Waals surface area contributed by atoms with E-state index in [1.54, 1.807) is 31.6 Å². The number of anilines is 1. The Morgan fingerprint density at radius 3 is 2.65 bits per heavy atom. The molecule has 0 saturated heterocycles. The first-order valence-corrected chi connectivity index (χ1v) is 9.77. The van der Waals surface area contributed by atoms with E-state index < -0.39 is 18.0 Å². The maximum absolute atomic E-state index is 13.2. The largest absolute Gasteiger partial charge is 0.341 e. The van der Waals surface area contributed by atoms with Crippen molar-refractivity contribution in [1.82, 2.24) is 25.7 Å². The van der Waals surface area contributed by atoms with Crippen LogP contribution in [0.15, 0.2) is 66.0 Å². The van der Waals surface area contributed by atoms with Gasteiger partial charge in [0.15, 0.2) is 0 Å². The van der Waals surface area contributed by atoms with Crippen molar-refractivity contribution < 1.29 is 9.59 Å². The van der Waals surface area contributed by atoms with Gasteiger partial charge in [-0.15, -0.1) is 0 Å². The monoisotopic (exact) mass is 413 g/mol. The second-order valence-electron chi connectivity index (χ2n) is 7.43. The van der Waals surface area contributed by atoms with Gasteiger partial charge in [-0.2, -0.15) is 10.2 Å². The lowest BCUT2D eigenvalue weighted by Gasteiger charge is -2.30. The Kier molecular flexibility index (Phi) is 4.55. The van der Waals surface area contributed by atoms with Crippen LogP contribution < -0.4 is 10.6 Å². The smallest absolute Gasteiger partial charge is 0.328 e. The Bertz CT molecular complexity index is 1290. The molecule has 0 spiro atoms. The molecule has 0 fully saturated rings. The van der Waals surface area contributed by atoms with Crippen LogP contribution in [0.3, 0.4) is 0 Å². The molecule has 2 aromatic carbocycles. The third-order valence-electron chi connectivity index (χ3n) is 5.43. The highest BCUT2D eigenvalue weighted by Gasteiger charge is 2.36. The van der Waals surface area contributed by atoms with Gasteiger partial charge >= 0.3 is 6.03 Å². The van der Waals surface area contributed by atoms with Crippen LogP contribution in [0.2, 0.25) is 0 Å². The van der Waals surface area contributed by atoms with E-state index in [0.29, 0.717) is 11.4 Å². The summed E-state index contributed by atoms with van der Waals surface area (Å²) in [5, 5.41) is 20.3. The summed E-state index contributed by atoms with van der Waals surface area (Å²) < 4.78 is 0. The lowest BCUT2D eigenvalue weighted by molar-refractivity contribution is -0.118. The number of aromatic amines is 2. The first-order chi connectivity index (χ1) is 15.1. The van der Waals surface area contributed by atoms with E-state index in [1.807, 2.05) is 36.4 Å². The summed E-state index contributed by atoms with van der Waals surface area (Å²) in [5.74, 6) is -0.884. The van der Waals surface area contributed by atoms with Gasteiger partial charge in [0.1, 0.15) is 5.92 Å². The number of benzene rings is 2. The molecule has 5 rings (SSSR count). The molecule has 0 aliphatic carbocycles. The van der Waals surface area contributed by atoms with Gasteiger partial charge in [0.2, 0.25) is 5.91 Å². The van der Waals surface area contributed by atoms with Gasteiger partial charge < -0.3 is 10.6 Å². The summed E-state index contributed by atoms with van der Waals surface area (Å²) in [7, 11) is 0. The minimum Gasteiger partial charge on any atom is -0.328 e. The summed E-state index contributed by atoms with van der Waals surface area (Å²) in [5.41, 5.74) is 4.77. The molecule has 9 nitrogen and oxygen atoms in total. The van der Waals surface area contributed by atoms with Crippen molar-refractivity contribution >= 4 is 34.2 Å². The standard InChI is InChI=1S/C22H19N7O2/c1-12-19(21(30)27-17-6-7-18-15(8-17)9-25-29-18)20(28-22(31)26-12)14-4-2-13(3-5-14)16-10-23-24-11-16/h2-11,19-20H,1H3,(H,23,24)(H,25,29)(H,27,30)(H,28,31). The number of aliphatic imine (C=N–C) groups is 1. The molecule has 2 atom stereocenters. The minimum absolute atomic E-state index is 0.243. The summed E-state index contributed by atoms with van der Waals surface area (Å²) in [6.07, 6.45) is 5.24. The van der Waals surface area contributed by atoms with Crippen molar-refractivity contribution in [1.29, 1.82) is 0 Å². The topological polar surface area (TPSA) is 128 Å². The number of hydrogen-bond donors (Lipinski definition) is 4. The lowest BCUT2D eigenvalue weighted by Crippen LogP contribution is -2.45. The van der Waals surface area contributed by atoms with Gasteiger partial charge in [0, 0.05) is 28.5 Å². The average Bonchev–Trinajstić information content (AvgIpc) is 3.45.